The van der Waals surface area contributed by atoms with Crippen LogP contribution < -0.4 is 20.3 Å². The number of rotatable bonds is 8. The smallest absolute Gasteiger partial charge is 0.322 e. The minimum atomic E-state index is -0.212. The lowest BCUT2D eigenvalue weighted by molar-refractivity contribution is -0.115. The van der Waals surface area contributed by atoms with E-state index in [2.05, 4.69) is 20.4 Å². The fraction of sp³-hybridized carbons (Fsp3) is 0.355. The Bertz CT molecular complexity index is 1330. The lowest BCUT2D eigenvalue weighted by atomic mass is 10.1. The molecule has 0 spiro atoms. The van der Waals surface area contributed by atoms with Gasteiger partial charge in [-0.15, -0.1) is 0 Å². The predicted molar refractivity (Wildman–Crippen MR) is 166 cm³/mol. The lowest BCUT2D eigenvalue weighted by Gasteiger charge is -2.36. The number of halogens is 2. The highest BCUT2D eigenvalue weighted by atomic mass is 35.5. The van der Waals surface area contributed by atoms with Gasteiger partial charge in [0.15, 0.2) is 0 Å². The van der Waals surface area contributed by atoms with E-state index in [9.17, 15) is 9.59 Å². The summed E-state index contributed by atoms with van der Waals surface area (Å²) in [7, 11) is 1.62. The Hall–Kier alpha value is -3.46. The molecule has 8 nitrogen and oxygen atoms in total. The van der Waals surface area contributed by atoms with Gasteiger partial charge in [0.2, 0.25) is 5.91 Å². The molecule has 2 heterocycles. The number of hydrogen-bond acceptors (Lipinski definition) is 5. The largest absolute Gasteiger partial charge is 0.497 e. The Kier molecular flexibility index (Phi) is 9.54. The first kappa shape index (κ1) is 29.0. The van der Waals surface area contributed by atoms with Gasteiger partial charge in [-0.05, 0) is 85.6 Å². The van der Waals surface area contributed by atoms with Crippen molar-refractivity contribution in [1.82, 2.24) is 9.80 Å². The predicted octanol–water partition coefficient (Wildman–Crippen LogP) is 6.13. The van der Waals surface area contributed by atoms with E-state index in [4.69, 9.17) is 27.9 Å². The van der Waals surface area contributed by atoms with Crippen LogP contribution in [0.1, 0.15) is 24.0 Å². The van der Waals surface area contributed by atoms with Gasteiger partial charge in [-0.1, -0.05) is 35.3 Å². The molecule has 2 saturated heterocycles. The summed E-state index contributed by atoms with van der Waals surface area (Å²) < 4.78 is 5.16. The third-order valence-corrected chi connectivity index (χ3v) is 8.14. The van der Waals surface area contributed by atoms with Crippen molar-refractivity contribution in [1.29, 1.82) is 0 Å². The van der Waals surface area contributed by atoms with Crippen LogP contribution >= 0.6 is 23.2 Å². The number of piperazine rings is 1. The third kappa shape index (κ3) is 7.64. The molecule has 0 atom stereocenters. The van der Waals surface area contributed by atoms with E-state index in [-0.39, 0.29) is 18.4 Å². The highest BCUT2D eigenvalue weighted by Crippen LogP contribution is 2.33. The molecule has 3 aromatic carbocycles. The van der Waals surface area contributed by atoms with Crippen molar-refractivity contribution in [2.75, 3.05) is 61.9 Å². The van der Waals surface area contributed by atoms with Crippen LogP contribution in [0.25, 0.3) is 0 Å². The number of likely N-dealkylation sites (tertiary alicyclic amines) is 1. The number of urea groups is 1. The molecular weight excluding hydrogens is 561 g/mol. The van der Waals surface area contributed by atoms with E-state index in [0.29, 0.717) is 41.9 Å². The van der Waals surface area contributed by atoms with Crippen molar-refractivity contribution in [3.8, 4) is 5.75 Å². The molecule has 3 amide bonds. The summed E-state index contributed by atoms with van der Waals surface area (Å²) in [5.74, 6) is 0.682. The Morgan fingerprint density at radius 3 is 2.05 bits per heavy atom. The molecule has 2 aliphatic rings. The summed E-state index contributed by atoms with van der Waals surface area (Å²) in [6, 6.07) is 18.8. The van der Waals surface area contributed by atoms with Gasteiger partial charge in [0.25, 0.3) is 0 Å². The van der Waals surface area contributed by atoms with E-state index >= 15 is 0 Å². The molecule has 5 rings (SSSR count). The van der Waals surface area contributed by atoms with Crippen molar-refractivity contribution >= 4 is 52.2 Å². The molecular formula is C31H35Cl2N5O3. The maximum atomic E-state index is 13.0. The zero-order chi connectivity index (χ0) is 28.8. The maximum Gasteiger partial charge on any atom is 0.322 e. The topological polar surface area (TPSA) is 77.1 Å². The molecule has 0 aromatic heterocycles. The van der Waals surface area contributed by atoms with Gasteiger partial charge in [0.1, 0.15) is 5.75 Å². The zero-order valence-corrected chi connectivity index (χ0v) is 24.7. The van der Waals surface area contributed by atoms with Crippen LogP contribution in [0.15, 0.2) is 60.7 Å². The van der Waals surface area contributed by atoms with Crippen LogP contribution in [0.4, 0.5) is 21.9 Å². The zero-order valence-electron chi connectivity index (χ0n) is 23.2. The average molecular weight is 597 g/mol. The van der Waals surface area contributed by atoms with Crippen LogP contribution in [0.5, 0.6) is 5.75 Å². The Morgan fingerprint density at radius 2 is 1.44 bits per heavy atom. The lowest BCUT2D eigenvalue weighted by Crippen LogP contribution is -2.50. The van der Waals surface area contributed by atoms with Crippen molar-refractivity contribution < 1.29 is 14.3 Å². The summed E-state index contributed by atoms with van der Waals surface area (Å²) in [5, 5.41) is 6.77. The van der Waals surface area contributed by atoms with Crippen LogP contribution in [0.3, 0.4) is 0 Å². The van der Waals surface area contributed by atoms with Gasteiger partial charge in [-0.3, -0.25) is 9.69 Å². The van der Waals surface area contributed by atoms with E-state index in [0.717, 1.165) is 47.9 Å². The van der Waals surface area contributed by atoms with E-state index in [1.807, 2.05) is 60.7 Å². The molecule has 41 heavy (non-hydrogen) atoms. The van der Waals surface area contributed by atoms with Crippen molar-refractivity contribution in [2.45, 2.75) is 25.8 Å². The summed E-state index contributed by atoms with van der Waals surface area (Å²) in [6.07, 6.45) is 2.73. The van der Waals surface area contributed by atoms with Gasteiger partial charge >= 0.3 is 6.03 Å². The summed E-state index contributed by atoms with van der Waals surface area (Å²) in [4.78, 5) is 31.9. The van der Waals surface area contributed by atoms with E-state index in [1.54, 1.807) is 12.0 Å². The maximum absolute atomic E-state index is 13.0. The third-order valence-electron chi connectivity index (χ3n) is 7.55. The first-order chi connectivity index (χ1) is 19.9. The quantitative estimate of drug-likeness (QED) is 0.327. The first-order valence-electron chi connectivity index (χ1n) is 13.9. The molecule has 0 radical (unpaired) electrons. The Morgan fingerprint density at radius 1 is 0.805 bits per heavy atom. The normalized spacial score (nSPS) is 15.6. The fourth-order valence-electron chi connectivity index (χ4n) is 5.28. The second kappa shape index (κ2) is 13.5. The number of nitrogens with zero attached hydrogens (tertiary/aromatic N) is 3. The van der Waals surface area contributed by atoms with Crippen molar-refractivity contribution in [3.05, 3.63) is 81.8 Å². The number of carbonyl (C=O) groups excluding carboxylic acids is 2. The Balaban J connectivity index is 1.09. The number of nitrogens with one attached hydrogen (secondary N) is 2. The minimum absolute atomic E-state index is 0.0796. The molecule has 10 heteroatoms. The first-order valence-corrected chi connectivity index (χ1v) is 14.7. The molecule has 0 saturated carbocycles. The van der Waals surface area contributed by atoms with E-state index in [1.165, 1.54) is 12.8 Å². The van der Waals surface area contributed by atoms with Gasteiger partial charge < -0.3 is 25.2 Å². The summed E-state index contributed by atoms with van der Waals surface area (Å²) >= 11 is 13.1. The monoisotopic (exact) mass is 595 g/mol. The van der Waals surface area contributed by atoms with Crippen LogP contribution in [0.2, 0.25) is 10.0 Å². The van der Waals surface area contributed by atoms with E-state index < -0.39 is 0 Å². The Labute approximate surface area is 251 Å². The number of ether oxygens (including phenoxy) is 1. The molecule has 2 fully saturated rings. The SMILES string of the molecule is COc1ccc(CC(=O)Nc2ccc(N3CCN(C(=O)Nc4c(Cl)cc(CN5CCCC5)cc4Cl)CC3)cc2)cc1. The number of methoxy groups -OCH3 is 1. The second-order valence-electron chi connectivity index (χ2n) is 10.4. The molecule has 0 bridgehead atoms. The van der Waals surface area contributed by atoms with Gasteiger partial charge in [-0.25, -0.2) is 4.79 Å². The number of anilines is 3. The van der Waals surface area contributed by atoms with Gasteiger partial charge in [0.05, 0.1) is 29.3 Å². The van der Waals surface area contributed by atoms with Crippen LogP contribution in [0, 0.1) is 0 Å². The molecule has 2 N–H and O–H groups in total. The van der Waals surface area contributed by atoms with Crippen molar-refractivity contribution in [2.24, 2.45) is 0 Å². The van der Waals surface area contributed by atoms with Crippen LogP contribution in [-0.4, -0.2) is 68.1 Å². The number of benzene rings is 3. The van der Waals surface area contributed by atoms with Crippen LogP contribution in [-0.2, 0) is 17.8 Å². The number of carbonyl (C=O) groups is 2. The second-order valence-corrected chi connectivity index (χ2v) is 11.3. The minimum Gasteiger partial charge on any atom is -0.497 e. The summed E-state index contributed by atoms with van der Waals surface area (Å²) in [6.45, 7) is 5.49. The number of amides is 3. The molecule has 2 aliphatic heterocycles. The molecule has 0 aliphatic carbocycles. The summed E-state index contributed by atoms with van der Waals surface area (Å²) in [5.41, 5.74) is 4.20. The molecule has 0 unspecified atom stereocenters. The highest BCUT2D eigenvalue weighted by molar-refractivity contribution is 6.39. The van der Waals surface area contributed by atoms with Gasteiger partial charge in [0, 0.05) is 44.1 Å². The average Bonchev–Trinajstić information content (AvgIpc) is 3.49. The molecule has 3 aromatic rings. The molecule has 216 valence electrons. The standard InChI is InChI=1S/C31H35Cl2N5O3/c1-41-26-10-4-22(5-11-26)20-29(39)34-24-6-8-25(9-7-24)37-14-16-38(17-15-37)31(40)35-30-27(32)18-23(19-28(30)33)21-36-12-2-3-13-36/h4-11,18-19H,2-3,12-17,20-21H2,1H3,(H,34,39)(H,35,40). The van der Waals surface area contributed by atoms with Crippen molar-refractivity contribution in [3.63, 3.8) is 0 Å². The fourth-order valence-corrected chi connectivity index (χ4v) is 5.91. The highest BCUT2D eigenvalue weighted by Gasteiger charge is 2.23. The number of hydrogen-bond donors (Lipinski definition) is 2. The van der Waals surface area contributed by atoms with Gasteiger partial charge in [-0.2, -0.15) is 0 Å².